The van der Waals surface area contributed by atoms with E-state index in [2.05, 4.69) is 10.6 Å². The maximum atomic E-state index is 11.9. The number of carbonyl (C=O) groups is 1. The molecule has 0 unspecified atom stereocenters. The molecular formula is C19H36N2O2. The van der Waals surface area contributed by atoms with Gasteiger partial charge in [0.2, 0.25) is 0 Å². The predicted octanol–water partition coefficient (Wildman–Crippen LogP) is 4.38. The highest BCUT2D eigenvalue weighted by Crippen LogP contribution is 2.30. The van der Waals surface area contributed by atoms with E-state index in [4.69, 9.17) is 4.74 Å². The largest absolute Gasteiger partial charge is 0.444 e. The van der Waals surface area contributed by atoms with Gasteiger partial charge in [-0.2, -0.15) is 0 Å². The first-order valence-corrected chi connectivity index (χ1v) is 9.60. The number of carbonyl (C=O) groups excluding carboxylic acids is 1. The molecule has 0 aromatic carbocycles. The van der Waals surface area contributed by atoms with Crippen LogP contribution < -0.4 is 10.6 Å². The van der Waals surface area contributed by atoms with Crippen molar-refractivity contribution >= 4 is 6.09 Å². The Balaban J connectivity index is 1.73. The summed E-state index contributed by atoms with van der Waals surface area (Å²) >= 11 is 0. The molecule has 1 amide bonds. The average Bonchev–Trinajstić information content (AvgIpc) is 2.94. The van der Waals surface area contributed by atoms with Crippen molar-refractivity contribution in [1.82, 2.24) is 10.6 Å². The zero-order chi connectivity index (χ0) is 16.8. The van der Waals surface area contributed by atoms with Crippen molar-refractivity contribution < 1.29 is 9.53 Å². The van der Waals surface area contributed by atoms with Gasteiger partial charge in [0.25, 0.3) is 0 Å². The van der Waals surface area contributed by atoms with Crippen LogP contribution in [0.2, 0.25) is 0 Å². The van der Waals surface area contributed by atoms with E-state index in [0.29, 0.717) is 6.54 Å². The van der Waals surface area contributed by atoms with Crippen LogP contribution in [0.3, 0.4) is 0 Å². The summed E-state index contributed by atoms with van der Waals surface area (Å²) in [7, 11) is 0. The lowest BCUT2D eigenvalue weighted by atomic mass is 9.86. The highest BCUT2D eigenvalue weighted by Gasteiger charge is 2.34. The summed E-state index contributed by atoms with van der Waals surface area (Å²) in [6.45, 7) is 7.48. The lowest BCUT2D eigenvalue weighted by Crippen LogP contribution is -2.52. The Morgan fingerprint density at radius 1 is 1.09 bits per heavy atom. The fraction of sp³-hybridized carbons (Fsp3) is 0.947. The van der Waals surface area contributed by atoms with E-state index in [1.807, 2.05) is 20.8 Å². The van der Waals surface area contributed by atoms with Gasteiger partial charge in [-0.25, -0.2) is 4.79 Å². The van der Waals surface area contributed by atoms with Gasteiger partial charge >= 0.3 is 6.09 Å². The minimum absolute atomic E-state index is 0.0889. The number of ether oxygens (including phenoxy) is 1. The SMILES string of the molecule is CC(C)(C)OC(=O)NCC1(NCCC2CCCCC2)CCCC1. The summed E-state index contributed by atoms with van der Waals surface area (Å²) in [4.78, 5) is 11.9. The van der Waals surface area contributed by atoms with Crippen molar-refractivity contribution in [2.24, 2.45) is 5.92 Å². The van der Waals surface area contributed by atoms with E-state index in [-0.39, 0.29) is 11.6 Å². The summed E-state index contributed by atoms with van der Waals surface area (Å²) in [6.07, 6.45) is 12.9. The van der Waals surface area contributed by atoms with Crippen LogP contribution >= 0.6 is 0 Å². The lowest BCUT2D eigenvalue weighted by molar-refractivity contribution is 0.0509. The minimum Gasteiger partial charge on any atom is -0.444 e. The second kappa shape index (κ2) is 8.36. The van der Waals surface area contributed by atoms with Crippen molar-refractivity contribution in [2.75, 3.05) is 13.1 Å². The summed E-state index contributed by atoms with van der Waals surface area (Å²) in [5.74, 6) is 0.911. The molecule has 4 heteroatoms. The van der Waals surface area contributed by atoms with Gasteiger partial charge in [-0.1, -0.05) is 44.9 Å². The van der Waals surface area contributed by atoms with Crippen molar-refractivity contribution in [2.45, 2.75) is 96.1 Å². The Hall–Kier alpha value is -0.770. The zero-order valence-electron chi connectivity index (χ0n) is 15.4. The molecular weight excluding hydrogens is 288 g/mol. The van der Waals surface area contributed by atoms with Crippen LogP contribution in [0.4, 0.5) is 4.79 Å². The fourth-order valence-corrected chi connectivity index (χ4v) is 4.04. The molecule has 23 heavy (non-hydrogen) atoms. The molecule has 0 aromatic rings. The van der Waals surface area contributed by atoms with Crippen molar-refractivity contribution in [3.8, 4) is 0 Å². The van der Waals surface area contributed by atoms with Gasteiger partial charge in [0.1, 0.15) is 5.60 Å². The number of rotatable bonds is 6. The third-order valence-corrected chi connectivity index (χ3v) is 5.31. The molecule has 2 fully saturated rings. The second-order valence-corrected chi connectivity index (χ2v) is 8.56. The maximum absolute atomic E-state index is 11.9. The van der Waals surface area contributed by atoms with Crippen LogP contribution in [0.25, 0.3) is 0 Å². The summed E-state index contributed by atoms with van der Waals surface area (Å²) in [5.41, 5.74) is -0.340. The molecule has 0 heterocycles. The van der Waals surface area contributed by atoms with E-state index in [1.54, 1.807) is 0 Å². The van der Waals surface area contributed by atoms with Gasteiger partial charge in [-0.05, 0) is 52.5 Å². The quantitative estimate of drug-likeness (QED) is 0.762. The first kappa shape index (κ1) is 18.6. The second-order valence-electron chi connectivity index (χ2n) is 8.56. The molecule has 2 aliphatic carbocycles. The van der Waals surface area contributed by atoms with Crippen LogP contribution in [-0.2, 0) is 4.74 Å². The van der Waals surface area contributed by atoms with Crippen LogP contribution in [0.15, 0.2) is 0 Å². The Bertz CT molecular complexity index is 364. The topological polar surface area (TPSA) is 50.4 Å². The van der Waals surface area contributed by atoms with Crippen LogP contribution in [0, 0.1) is 5.92 Å². The molecule has 0 aliphatic heterocycles. The van der Waals surface area contributed by atoms with E-state index < -0.39 is 5.60 Å². The minimum atomic E-state index is -0.429. The van der Waals surface area contributed by atoms with Gasteiger partial charge in [-0.15, -0.1) is 0 Å². The standard InChI is InChI=1S/C19H36N2O2/c1-18(2,3)23-17(22)20-15-19(12-7-8-13-19)21-14-11-16-9-5-4-6-10-16/h16,21H,4-15H2,1-3H3,(H,20,22). The third-order valence-electron chi connectivity index (χ3n) is 5.31. The van der Waals surface area contributed by atoms with Crippen LogP contribution in [0.1, 0.15) is 85.0 Å². The van der Waals surface area contributed by atoms with E-state index in [1.165, 1.54) is 51.4 Å². The van der Waals surface area contributed by atoms with Gasteiger partial charge in [0, 0.05) is 12.1 Å². The first-order valence-electron chi connectivity index (χ1n) is 9.60. The maximum Gasteiger partial charge on any atom is 0.407 e. The highest BCUT2D eigenvalue weighted by atomic mass is 16.6. The van der Waals surface area contributed by atoms with E-state index in [0.717, 1.165) is 25.3 Å². The Kier molecular flexibility index (Phi) is 6.75. The first-order chi connectivity index (χ1) is 10.9. The average molecular weight is 325 g/mol. The molecule has 0 saturated heterocycles. The van der Waals surface area contributed by atoms with Crippen molar-refractivity contribution in [3.05, 3.63) is 0 Å². The molecule has 0 aromatic heterocycles. The molecule has 2 rings (SSSR count). The van der Waals surface area contributed by atoms with Gasteiger partial charge < -0.3 is 15.4 Å². The van der Waals surface area contributed by atoms with Gasteiger partial charge in [0.05, 0.1) is 0 Å². The van der Waals surface area contributed by atoms with Gasteiger partial charge in [0.15, 0.2) is 0 Å². The summed E-state index contributed by atoms with van der Waals surface area (Å²) in [6, 6.07) is 0. The molecule has 2 aliphatic rings. The smallest absolute Gasteiger partial charge is 0.407 e. The highest BCUT2D eigenvalue weighted by molar-refractivity contribution is 5.67. The molecule has 0 radical (unpaired) electrons. The Labute approximate surface area is 142 Å². The Morgan fingerprint density at radius 2 is 1.74 bits per heavy atom. The van der Waals surface area contributed by atoms with Crippen LogP contribution in [0.5, 0.6) is 0 Å². The number of hydrogen-bond acceptors (Lipinski definition) is 3. The summed E-state index contributed by atoms with van der Waals surface area (Å²) < 4.78 is 5.36. The molecule has 134 valence electrons. The molecule has 0 spiro atoms. The molecule has 2 saturated carbocycles. The Morgan fingerprint density at radius 3 is 2.35 bits per heavy atom. The molecule has 2 N–H and O–H groups in total. The van der Waals surface area contributed by atoms with E-state index >= 15 is 0 Å². The molecule has 0 bridgehead atoms. The summed E-state index contributed by atoms with van der Waals surface area (Å²) in [5, 5.41) is 6.78. The predicted molar refractivity (Wildman–Crippen MR) is 94.6 cm³/mol. The number of nitrogens with one attached hydrogen (secondary N) is 2. The van der Waals surface area contributed by atoms with Crippen molar-refractivity contribution in [3.63, 3.8) is 0 Å². The van der Waals surface area contributed by atoms with Crippen molar-refractivity contribution in [1.29, 1.82) is 0 Å². The monoisotopic (exact) mass is 324 g/mol. The zero-order valence-corrected chi connectivity index (χ0v) is 15.4. The fourth-order valence-electron chi connectivity index (χ4n) is 4.04. The molecule has 4 nitrogen and oxygen atoms in total. The number of hydrogen-bond donors (Lipinski definition) is 2. The van der Waals surface area contributed by atoms with Gasteiger partial charge in [-0.3, -0.25) is 0 Å². The third kappa shape index (κ3) is 6.70. The van der Waals surface area contributed by atoms with E-state index in [9.17, 15) is 4.79 Å². The lowest BCUT2D eigenvalue weighted by Gasteiger charge is -2.32. The number of alkyl carbamates (subject to hydrolysis) is 1. The normalized spacial score (nSPS) is 22.0. The molecule has 0 atom stereocenters. The number of amides is 1. The van der Waals surface area contributed by atoms with Crippen LogP contribution in [-0.4, -0.2) is 30.3 Å².